The van der Waals surface area contributed by atoms with Crippen LogP contribution < -0.4 is 5.32 Å². The summed E-state index contributed by atoms with van der Waals surface area (Å²) >= 11 is 0. The Morgan fingerprint density at radius 3 is 2.42 bits per heavy atom. The molecule has 1 aromatic rings. The highest BCUT2D eigenvalue weighted by atomic mass is 19.1. The van der Waals surface area contributed by atoms with Gasteiger partial charge in [0.05, 0.1) is 6.04 Å². The Balaban J connectivity index is 2.06. The van der Waals surface area contributed by atoms with E-state index in [9.17, 15) is 19.1 Å². The lowest BCUT2D eigenvalue weighted by Crippen LogP contribution is -2.55. The second-order valence-electron chi connectivity index (χ2n) is 5.90. The van der Waals surface area contributed by atoms with E-state index in [2.05, 4.69) is 11.9 Å². The monoisotopic (exact) mass is 336 g/mol. The number of hydrogen-bond acceptors (Lipinski definition) is 3. The molecular weight excluding hydrogens is 315 g/mol. The van der Waals surface area contributed by atoms with Crippen LogP contribution >= 0.6 is 0 Å². The number of carboxylic acid groups (broad SMARTS) is 1. The molecule has 0 spiro atoms. The normalized spacial score (nSPS) is 17.8. The van der Waals surface area contributed by atoms with Crippen molar-refractivity contribution >= 4 is 12.0 Å². The van der Waals surface area contributed by atoms with Gasteiger partial charge in [-0.25, -0.2) is 9.18 Å². The summed E-state index contributed by atoms with van der Waals surface area (Å²) in [5.41, 5.74) is -0.901. The number of carbonyl (C=O) groups is 2. The Labute approximate surface area is 139 Å². The molecule has 2 amide bonds. The summed E-state index contributed by atoms with van der Waals surface area (Å²) in [6, 6.07) is 5.31. The van der Waals surface area contributed by atoms with Crippen molar-refractivity contribution in [3.05, 3.63) is 48.3 Å². The molecule has 130 valence electrons. The molecule has 24 heavy (non-hydrogen) atoms. The SMILES string of the molecule is C=CC[C@@H](NC(=O)C1(O)CCN(C(=O)O)CC1)c1ccc(F)cc1. The number of amides is 2. The van der Waals surface area contributed by atoms with Gasteiger partial charge in [0.25, 0.3) is 5.91 Å². The van der Waals surface area contributed by atoms with E-state index in [1.807, 2.05) is 0 Å². The molecule has 0 radical (unpaired) electrons. The zero-order valence-corrected chi connectivity index (χ0v) is 13.2. The van der Waals surface area contributed by atoms with Crippen molar-refractivity contribution in [3.63, 3.8) is 0 Å². The largest absolute Gasteiger partial charge is 0.465 e. The van der Waals surface area contributed by atoms with E-state index >= 15 is 0 Å². The maximum atomic E-state index is 13.1. The molecule has 1 aliphatic rings. The van der Waals surface area contributed by atoms with Gasteiger partial charge in [-0.2, -0.15) is 0 Å². The first-order chi connectivity index (χ1) is 11.4. The fourth-order valence-electron chi connectivity index (χ4n) is 2.73. The topological polar surface area (TPSA) is 89.9 Å². The molecule has 0 bridgehead atoms. The lowest BCUT2D eigenvalue weighted by Gasteiger charge is -2.36. The smallest absolute Gasteiger partial charge is 0.407 e. The molecule has 1 fully saturated rings. The molecule has 1 heterocycles. The molecule has 0 aromatic heterocycles. The Kier molecular flexibility index (Phi) is 5.56. The van der Waals surface area contributed by atoms with Gasteiger partial charge in [-0.05, 0) is 24.1 Å². The van der Waals surface area contributed by atoms with Gasteiger partial charge in [-0.1, -0.05) is 18.2 Å². The Bertz CT molecular complexity index is 610. The number of rotatable bonds is 5. The van der Waals surface area contributed by atoms with Crippen LogP contribution in [-0.2, 0) is 4.79 Å². The van der Waals surface area contributed by atoms with E-state index in [4.69, 9.17) is 5.11 Å². The zero-order valence-electron chi connectivity index (χ0n) is 13.2. The van der Waals surface area contributed by atoms with Crippen molar-refractivity contribution in [1.29, 1.82) is 0 Å². The van der Waals surface area contributed by atoms with Gasteiger partial charge in [0.2, 0.25) is 0 Å². The lowest BCUT2D eigenvalue weighted by atomic mass is 9.89. The van der Waals surface area contributed by atoms with Gasteiger partial charge < -0.3 is 20.4 Å². The van der Waals surface area contributed by atoms with E-state index in [0.29, 0.717) is 12.0 Å². The summed E-state index contributed by atoms with van der Waals surface area (Å²) in [6.07, 6.45) is 1.07. The molecule has 1 aromatic carbocycles. The van der Waals surface area contributed by atoms with Crippen LogP contribution in [-0.4, -0.2) is 45.8 Å². The number of hydrogen-bond donors (Lipinski definition) is 3. The average molecular weight is 336 g/mol. The first-order valence-electron chi connectivity index (χ1n) is 7.73. The quantitative estimate of drug-likeness (QED) is 0.718. The maximum absolute atomic E-state index is 13.1. The fraction of sp³-hybridized carbons (Fsp3) is 0.412. The van der Waals surface area contributed by atoms with Gasteiger partial charge in [0.1, 0.15) is 11.4 Å². The summed E-state index contributed by atoms with van der Waals surface area (Å²) in [7, 11) is 0. The molecule has 3 N–H and O–H groups in total. The van der Waals surface area contributed by atoms with Crippen LogP contribution in [0, 0.1) is 5.82 Å². The molecule has 0 unspecified atom stereocenters. The van der Waals surface area contributed by atoms with Gasteiger partial charge >= 0.3 is 6.09 Å². The molecule has 6 nitrogen and oxygen atoms in total. The minimum Gasteiger partial charge on any atom is -0.465 e. The van der Waals surface area contributed by atoms with E-state index in [0.717, 1.165) is 0 Å². The Morgan fingerprint density at radius 1 is 1.33 bits per heavy atom. The highest BCUT2D eigenvalue weighted by Crippen LogP contribution is 2.25. The molecule has 1 atom stereocenters. The van der Waals surface area contributed by atoms with Crippen LogP contribution in [0.15, 0.2) is 36.9 Å². The fourth-order valence-corrected chi connectivity index (χ4v) is 2.73. The van der Waals surface area contributed by atoms with Crippen molar-refractivity contribution in [2.45, 2.75) is 30.9 Å². The molecule has 7 heteroatoms. The molecule has 1 aliphatic heterocycles. The highest BCUT2D eigenvalue weighted by molar-refractivity contribution is 5.85. The van der Waals surface area contributed by atoms with Crippen molar-refractivity contribution in [2.75, 3.05) is 13.1 Å². The summed E-state index contributed by atoms with van der Waals surface area (Å²) in [5.74, 6) is -0.925. The number of aliphatic hydroxyl groups is 1. The van der Waals surface area contributed by atoms with Gasteiger partial charge in [0, 0.05) is 25.9 Å². The van der Waals surface area contributed by atoms with E-state index in [-0.39, 0.29) is 31.7 Å². The Hall–Kier alpha value is -2.41. The van der Waals surface area contributed by atoms with Crippen LogP contribution in [0.4, 0.5) is 9.18 Å². The predicted molar refractivity (Wildman–Crippen MR) is 85.9 cm³/mol. The third-order valence-corrected chi connectivity index (χ3v) is 4.26. The Morgan fingerprint density at radius 2 is 1.92 bits per heavy atom. The first kappa shape index (κ1) is 17.9. The molecule has 0 aliphatic carbocycles. The molecule has 1 saturated heterocycles. The van der Waals surface area contributed by atoms with E-state index in [1.54, 1.807) is 18.2 Å². The molecule has 0 saturated carbocycles. The van der Waals surface area contributed by atoms with Crippen molar-refractivity contribution in [2.24, 2.45) is 0 Å². The third kappa shape index (κ3) is 4.11. The molecular formula is C17H21FN2O4. The van der Waals surface area contributed by atoms with Gasteiger partial charge in [-0.15, -0.1) is 6.58 Å². The third-order valence-electron chi connectivity index (χ3n) is 4.26. The number of nitrogens with zero attached hydrogens (tertiary/aromatic N) is 1. The first-order valence-corrected chi connectivity index (χ1v) is 7.73. The predicted octanol–water partition coefficient (Wildman–Crippen LogP) is 2.06. The number of likely N-dealkylation sites (tertiary alicyclic amines) is 1. The van der Waals surface area contributed by atoms with E-state index in [1.165, 1.54) is 17.0 Å². The zero-order chi connectivity index (χ0) is 17.7. The summed E-state index contributed by atoms with van der Waals surface area (Å²) < 4.78 is 13.1. The number of halogens is 1. The second kappa shape index (κ2) is 7.44. The standard InChI is InChI=1S/C17H21FN2O4/c1-2-3-14(12-4-6-13(18)7-5-12)19-15(21)17(24)8-10-20(11-9-17)16(22)23/h2,4-7,14,24H,1,3,8-11H2,(H,19,21)(H,22,23)/t14-/m1/s1. The minimum absolute atomic E-state index is 0.0371. The van der Waals surface area contributed by atoms with Crippen molar-refractivity contribution in [3.8, 4) is 0 Å². The van der Waals surface area contributed by atoms with Crippen LogP contribution in [0.1, 0.15) is 30.9 Å². The summed E-state index contributed by atoms with van der Waals surface area (Å²) in [4.78, 5) is 24.6. The van der Waals surface area contributed by atoms with Crippen molar-refractivity contribution < 1.29 is 24.2 Å². The van der Waals surface area contributed by atoms with Crippen LogP contribution in [0.5, 0.6) is 0 Å². The lowest BCUT2D eigenvalue weighted by molar-refractivity contribution is -0.145. The highest BCUT2D eigenvalue weighted by Gasteiger charge is 2.41. The van der Waals surface area contributed by atoms with Crippen LogP contribution in [0.2, 0.25) is 0 Å². The summed E-state index contributed by atoms with van der Waals surface area (Å²) in [6.45, 7) is 3.85. The van der Waals surface area contributed by atoms with Gasteiger partial charge in [-0.3, -0.25) is 4.79 Å². The van der Waals surface area contributed by atoms with E-state index < -0.39 is 23.6 Å². The second-order valence-corrected chi connectivity index (χ2v) is 5.90. The van der Waals surface area contributed by atoms with Crippen LogP contribution in [0.25, 0.3) is 0 Å². The summed E-state index contributed by atoms with van der Waals surface area (Å²) in [5, 5.41) is 22.2. The number of benzene rings is 1. The number of piperidine rings is 1. The van der Waals surface area contributed by atoms with Gasteiger partial charge in [0.15, 0.2) is 0 Å². The number of carbonyl (C=O) groups excluding carboxylic acids is 1. The average Bonchev–Trinajstić information content (AvgIpc) is 2.55. The van der Waals surface area contributed by atoms with Crippen LogP contribution in [0.3, 0.4) is 0 Å². The van der Waals surface area contributed by atoms with Crippen molar-refractivity contribution in [1.82, 2.24) is 10.2 Å². The maximum Gasteiger partial charge on any atom is 0.407 e. The number of nitrogens with one attached hydrogen (secondary N) is 1. The molecule has 2 rings (SSSR count). The minimum atomic E-state index is -1.61.